The molecule has 0 N–H and O–H groups in total. The highest BCUT2D eigenvalue weighted by Gasteiger charge is 2.25. The average Bonchev–Trinajstić information content (AvgIpc) is 3.07. The van der Waals surface area contributed by atoms with E-state index < -0.39 is 15.6 Å². The van der Waals surface area contributed by atoms with Crippen LogP contribution in [0, 0.1) is 20.2 Å². The Kier molecular flexibility index (Phi) is 5.99. The van der Waals surface area contributed by atoms with Crippen molar-refractivity contribution >= 4 is 63.5 Å². The van der Waals surface area contributed by atoms with Crippen LogP contribution >= 0.6 is 46.3 Å². The summed E-state index contributed by atoms with van der Waals surface area (Å²) in [6.45, 7) is 0. The van der Waals surface area contributed by atoms with Crippen molar-refractivity contribution in [2.75, 3.05) is 0 Å². The Hall–Kier alpha value is -2.46. The number of carbonyl (C=O) groups excluding carboxylic acids is 1. The maximum absolute atomic E-state index is 12.7. The van der Waals surface area contributed by atoms with Crippen LogP contribution < -0.4 is 0 Å². The predicted octanol–water partition coefficient (Wildman–Crippen LogP) is 6.25. The molecule has 0 radical (unpaired) electrons. The fourth-order valence-electron chi connectivity index (χ4n) is 2.24. The zero-order chi connectivity index (χ0) is 20.4. The van der Waals surface area contributed by atoms with E-state index in [0.29, 0.717) is 14.9 Å². The first-order valence-electron chi connectivity index (χ1n) is 7.46. The summed E-state index contributed by atoms with van der Waals surface area (Å²) in [6, 6.07) is 11.1. The number of rotatable bonds is 6. The van der Waals surface area contributed by atoms with Crippen molar-refractivity contribution in [2.45, 2.75) is 9.10 Å². The molecule has 0 unspecified atom stereocenters. The number of halogens is 2. The number of nitrogens with zero attached hydrogens (tertiary/aromatic N) is 2. The van der Waals surface area contributed by atoms with Crippen LogP contribution in [-0.4, -0.2) is 15.6 Å². The van der Waals surface area contributed by atoms with Gasteiger partial charge in [-0.3, -0.25) is 25.0 Å². The lowest BCUT2D eigenvalue weighted by Gasteiger charge is -2.02. The number of hydrogen-bond acceptors (Lipinski definition) is 7. The van der Waals surface area contributed by atoms with E-state index in [1.54, 1.807) is 12.1 Å². The van der Waals surface area contributed by atoms with Gasteiger partial charge >= 0.3 is 0 Å². The summed E-state index contributed by atoms with van der Waals surface area (Å²) >= 11 is 13.9. The highest BCUT2D eigenvalue weighted by molar-refractivity contribution is 8.01. The first-order valence-corrected chi connectivity index (χ1v) is 9.85. The Morgan fingerprint density at radius 1 is 1.00 bits per heavy atom. The highest BCUT2D eigenvalue weighted by Crippen LogP contribution is 2.44. The van der Waals surface area contributed by atoms with Crippen molar-refractivity contribution in [3.05, 3.63) is 89.2 Å². The van der Waals surface area contributed by atoms with Crippen LogP contribution in [0.5, 0.6) is 0 Å². The molecule has 0 atom stereocenters. The smallest absolute Gasteiger partial charge is 0.288 e. The Morgan fingerprint density at radius 2 is 1.75 bits per heavy atom. The number of benzene rings is 2. The van der Waals surface area contributed by atoms with E-state index in [9.17, 15) is 25.0 Å². The average molecular weight is 455 g/mol. The van der Waals surface area contributed by atoms with E-state index in [1.165, 1.54) is 24.3 Å². The molecule has 0 aliphatic rings. The zero-order valence-corrected chi connectivity index (χ0v) is 16.8. The summed E-state index contributed by atoms with van der Waals surface area (Å²) < 4.78 is 0.267. The summed E-state index contributed by atoms with van der Waals surface area (Å²) in [5.74, 6) is -0.536. The second-order valence-electron chi connectivity index (χ2n) is 5.35. The van der Waals surface area contributed by atoms with Crippen LogP contribution in [-0.2, 0) is 0 Å². The van der Waals surface area contributed by atoms with Crippen molar-refractivity contribution in [2.24, 2.45) is 0 Å². The second-order valence-corrected chi connectivity index (χ2v) is 8.56. The van der Waals surface area contributed by atoms with Crippen LogP contribution in [0.4, 0.5) is 11.4 Å². The summed E-state index contributed by atoms with van der Waals surface area (Å²) in [7, 11) is 0. The molecule has 0 saturated carbocycles. The van der Waals surface area contributed by atoms with Crippen molar-refractivity contribution in [3.63, 3.8) is 0 Å². The fraction of sp³-hybridized carbons (Fsp3) is 0. The van der Waals surface area contributed by atoms with Crippen LogP contribution in [0.15, 0.2) is 57.6 Å². The lowest BCUT2D eigenvalue weighted by molar-refractivity contribution is -0.387. The Bertz CT molecular complexity index is 1120. The molecule has 0 aliphatic heterocycles. The van der Waals surface area contributed by atoms with Crippen LogP contribution in [0.2, 0.25) is 10.0 Å². The molecule has 0 fully saturated rings. The van der Waals surface area contributed by atoms with Crippen LogP contribution in [0.25, 0.3) is 0 Å². The molecule has 1 aromatic heterocycles. The number of carbonyl (C=O) groups is 1. The number of thiophene rings is 1. The lowest BCUT2D eigenvalue weighted by Crippen LogP contribution is -1.99. The monoisotopic (exact) mass is 454 g/mol. The summed E-state index contributed by atoms with van der Waals surface area (Å²) in [5, 5.41) is 23.1. The fourth-order valence-corrected chi connectivity index (χ4v) is 5.02. The third kappa shape index (κ3) is 4.33. The molecule has 28 heavy (non-hydrogen) atoms. The minimum Gasteiger partial charge on any atom is -0.288 e. The Morgan fingerprint density at radius 3 is 2.39 bits per heavy atom. The SMILES string of the molecule is O=C(c1cccc([N+](=O)[O-])c1)c1cc([N+](=O)[O-])c(Sc2ccc(Cl)cc2Cl)s1. The van der Waals surface area contributed by atoms with E-state index in [4.69, 9.17) is 23.2 Å². The summed E-state index contributed by atoms with van der Waals surface area (Å²) in [5.41, 5.74) is -0.402. The van der Waals surface area contributed by atoms with E-state index in [1.807, 2.05) is 0 Å². The van der Waals surface area contributed by atoms with Gasteiger partial charge in [0.25, 0.3) is 11.4 Å². The number of non-ortho nitro benzene ring substituents is 1. The van der Waals surface area contributed by atoms with Gasteiger partial charge in [0.05, 0.1) is 19.7 Å². The summed E-state index contributed by atoms with van der Waals surface area (Å²) in [6.07, 6.45) is 0. The van der Waals surface area contributed by atoms with Crippen LogP contribution in [0.3, 0.4) is 0 Å². The molecule has 3 aromatic rings. The van der Waals surface area contributed by atoms with E-state index in [0.717, 1.165) is 35.2 Å². The van der Waals surface area contributed by atoms with Crippen molar-refractivity contribution in [1.82, 2.24) is 0 Å². The standard InChI is InChI=1S/C17H8Cl2N2O5S2/c18-10-4-5-14(12(19)7-10)27-17-13(21(25)26)8-15(28-17)16(22)9-2-1-3-11(6-9)20(23)24/h1-8H. The number of nitro groups is 2. The molecule has 11 heteroatoms. The molecule has 0 bridgehead atoms. The summed E-state index contributed by atoms with van der Waals surface area (Å²) in [4.78, 5) is 34.4. The van der Waals surface area contributed by atoms with Crippen molar-refractivity contribution in [1.29, 1.82) is 0 Å². The van der Waals surface area contributed by atoms with E-state index in [-0.39, 0.29) is 26.0 Å². The van der Waals surface area contributed by atoms with Gasteiger partial charge in [-0.25, -0.2) is 0 Å². The Balaban J connectivity index is 1.98. The second kappa shape index (κ2) is 8.27. The number of hydrogen-bond donors (Lipinski definition) is 0. The normalized spacial score (nSPS) is 10.6. The zero-order valence-electron chi connectivity index (χ0n) is 13.6. The van der Waals surface area contributed by atoms with Gasteiger partial charge in [0.15, 0.2) is 0 Å². The minimum atomic E-state index is -0.614. The first-order chi connectivity index (χ1) is 13.3. The maximum atomic E-state index is 12.7. The number of ketones is 1. The largest absolute Gasteiger partial charge is 0.294 e. The van der Waals surface area contributed by atoms with Crippen molar-refractivity contribution < 1.29 is 14.6 Å². The van der Waals surface area contributed by atoms with E-state index in [2.05, 4.69) is 0 Å². The Labute approximate surface area is 176 Å². The van der Waals surface area contributed by atoms with Crippen molar-refractivity contribution in [3.8, 4) is 0 Å². The van der Waals surface area contributed by atoms with Gasteiger partial charge in [-0.1, -0.05) is 47.1 Å². The predicted molar refractivity (Wildman–Crippen MR) is 108 cm³/mol. The molecular formula is C17H8Cl2N2O5S2. The van der Waals surface area contributed by atoms with Gasteiger partial charge in [-0.2, -0.15) is 0 Å². The molecule has 1 heterocycles. The topological polar surface area (TPSA) is 103 Å². The molecule has 0 amide bonds. The lowest BCUT2D eigenvalue weighted by atomic mass is 10.1. The van der Waals surface area contributed by atoms with Gasteiger partial charge in [-0.05, 0) is 18.2 Å². The van der Waals surface area contributed by atoms with Gasteiger partial charge in [-0.15, -0.1) is 11.3 Å². The number of nitro benzene ring substituents is 1. The molecule has 2 aromatic carbocycles. The third-order valence-electron chi connectivity index (χ3n) is 3.52. The quantitative estimate of drug-likeness (QED) is 0.247. The van der Waals surface area contributed by atoms with Crippen LogP contribution in [0.1, 0.15) is 15.2 Å². The molecule has 142 valence electrons. The molecular weight excluding hydrogens is 447 g/mol. The van der Waals surface area contributed by atoms with Gasteiger partial charge < -0.3 is 0 Å². The molecule has 0 saturated heterocycles. The van der Waals surface area contributed by atoms with Gasteiger partial charge in [0.2, 0.25) is 5.78 Å². The third-order valence-corrected chi connectivity index (χ3v) is 6.56. The highest BCUT2D eigenvalue weighted by atomic mass is 35.5. The molecule has 0 aliphatic carbocycles. The van der Waals surface area contributed by atoms with E-state index >= 15 is 0 Å². The minimum absolute atomic E-state index is 0.0754. The van der Waals surface area contributed by atoms with Gasteiger partial charge in [0, 0.05) is 33.7 Å². The molecule has 0 spiro atoms. The maximum Gasteiger partial charge on any atom is 0.294 e. The molecule has 7 nitrogen and oxygen atoms in total. The van der Waals surface area contributed by atoms with Gasteiger partial charge in [0.1, 0.15) is 4.21 Å². The first kappa shape index (κ1) is 20.3. The molecule has 3 rings (SSSR count).